The molecule has 1 saturated heterocycles. The number of hydrogen-bond donors (Lipinski definition) is 2. The number of nitrogen functional groups attached to an aromatic ring is 1. The van der Waals surface area contributed by atoms with Gasteiger partial charge in [-0.25, -0.2) is 4.98 Å². The lowest BCUT2D eigenvalue weighted by Gasteiger charge is -2.32. The Morgan fingerprint density at radius 2 is 2.37 bits per heavy atom. The molecule has 0 radical (unpaired) electrons. The van der Waals surface area contributed by atoms with E-state index in [9.17, 15) is 4.79 Å². The van der Waals surface area contributed by atoms with Crippen LogP contribution in [0.5, 0.6) is 0 Å². The highest BCUT2D eigenvalue weighted by Crippen LogP contribution is 2.28. The molecule has 6 heteroatoms. The molecule has 0 bridgehead atoms. The normalized spacial score (nSPS) is 19.5. The Labute approximate surface area is 118 Å². The largest absolute Gasteiger partial charge is 0.382 e. The Balaban J connectivity index is 2.10. The molecule has 2 heterocycles. The van der Waals surface area contributed by atoms with Gasteiger partial charge in [-0.05, 0) is 25.7 Å². The number of carbonyl (C=O) groups is 1. The van der Waals surface area contributed by atoms with Gasteiger partial charge in [-0.1, -0.05) is 24.7 Å². The van der Waals surface area contributed by atoms with E-state index < -0.39 is 0 Å². The predicted octanol–water partition coefficient (Wildman–Crippen LogP) is 2.42. The number of nitrogens with zero attached hydrogens (tertiary/aromatic N) is 2. The third-order valence-electron chi connectivity index (χ3n) is 3.56. The van der Waals surface area contributed by atoms with E-state index in [1.807, 2.05) is 11.8 Å². The summed E-state index contributed by atoms with van der Waals surface area (Å²) in [7, 11) is 0. The third kappa shape index (κ3) is 3.18. The fraction of sp³-hybridized carbons (Fsp3) is 0.692. The number of hydrogen-bond acceptors (Lipinski definition) is 5. The summed E-state index contributed by atoms with van der Waals surface area (Å²) in [6.07, 6.45) is 3.44. The van der Waals surface area contributed by atoms with Crippen molar-refractivity contribution >= 4 is 28.2 Å². The number of rotatable bonds is 4. The van der Waals surface area contributed by atoms with Crippen molar-refractivity contribution in [1.82, 2.24) is 9.88 Å². The monoisotopic (exact) mass is 282 g/mol. The summed E-state index contributed by atoms with van der Waals surface area (Å²) in [5.41, 5.74) is 5.86. The van der Waals surface area contributed by atoms with Crippen LogP contribution in [-0.4, -0.2) is 35.4 Å². The summed E-state index contributed by atoms with van der Waals surface area (Å²) in [6, 6.07) is 0. The Bertz CT molecular complexity index is 446. The van der Waals surface area contributed by atoms with Crippen LogP contribution in [0.1, 0.15) is 42.8 Å². The first-order valence-electron chi connectivity index (χ1n) is 6.95. The second kappa shape index (κ2) is 6.23. The minimum Gasteiger partial charge on any atom is -0.382 e. The minimum atomic E-state index is 0.0392. The van der Waals surface area contributed by atoms with Crippen molar-refractivity contribution in [2.24, 2.45) is 5.92 Å². The summed E-state index contributed by atoms with van der Waals surface area (Å²) in [6.45, 7) is 6.65. The van der Waals surface area contributed by atoms with Crippen molar-refractivity contribution in [2.75, 3.05) is 30.7 Å². The van der Waals surface area contributed by atoms with Crippen LogP contribution >= 0.6 is 11.3 Å². The molecule has 106 valence electrons. The molecule has 1 aliphatic rings. The lowest BCUT2D eigenvalue weighted by molar-refractivity contribution is 0.0677. The SMILES string of the molecule is CCNc1nc(N)c(C(=O)N2CCCC(CC)C2)s1. The molecular formula is C13H22N4OS. The van der Waals surface area contributed by atoms with Gasteiger partial charge in [0.25, 0.3) is 5.91 Å². The van der Waals surface area contributed by atoms with Gasteiger partial charge in [-0.3, -0.25) is 4.79 Å². The molecule has 0 saturated carbocycles. The van der Waals surface area contributed by atoms with Crippen LogP contribution in [0.4, 0.5) is 10.9 Å². The molecule has 1 amide bonds. The van der Waals surface area contributed by atoms with Crippen molar-refractivity contribution in [3.63, 3.8) is 0 Å². The van der Waals surface area contributed by atoms with Gasteiger partial charge in [-0.15, -0.1) is 0 Å². The molecule has 2 rings (SSSR count). The van der Waals surface area contributed by atoms with Crippen LogP contribution in [0, 0.1) is 5.92 Å². The topological polar surface area (TPSA) is 71.2 Å². The van der Waals surface area contributed by atoms with Crippen LogP contribution in [0.3, 0.4) is 0 Å². The first-order valence-corrected chi connectivity index (χ1v) is 7.76. The van der Waals surface area contributed by atoms with E-state index in [1.165, 1.54) is 17.8 Å². The van der Waals surface area contributed by atoms with E-state index in [0.717, 1.165) is 37.6 Å². The molecule has 0 spiro atoms. The molecular weight excluding hydrogens is 260 g/mol. The van der Waals surface area contributed by atoms with Crippen molar-refractivity contribution < 1.29 is 4.79 Å². The van der Waals surface area contributed by atoms with E-state index in [2.05, 4.69) is 17.2 Å². The number of carbonyl (C=O) groups excluding carboxylic acids is 1. The number of thiazole rings is 1. The molecule has 1 aromatic rings. The number of likely N-dealkylation sites (tertiary alicyclic amines) is 1. The summed E-state index contributed by atoms with van der Waals surface area (Å²) in [4.78, 5) is 19.2. The molecule has 5 nitrogen and oxygen atoms in total. The van der Waals surface area contributed by atoms with Gasteiger partial charge in [0.2, 0.25) is 0 Å². The van der Waals surface area contributed by atoms with Crippen molar-refractivity contribution in [2.45, 2.75) is 33.1 Å². The molecule has 0 aliphatic carbocycles. The second-order valence-corrected chi connectivity index (χ2v) is 5.93. The molecule has 1 aromatic heterocycles. The van der Waals surface area contributed by atoms with E-state index in [0.29, 0.717) is 16.6 Å². The van der Waals surface area contributed by atoms with Crippen LogP contribution < -0.4 is 11.1 Å². The number of amides is 1. The van der Waals surface area contributed by atoms with E-state index in [-0.39, 0.29) is 5.91 Å². The zero-order valence-electron chi connectivity index (χ0n) is 11.6. The van der Waals surface area contributed by atoms with Gasteiger partial charge in [0.05, 0.1) is 0 Å². The van der Waals surface area contributed by atoms with Crippen molar-refractivity contribution in [3.05, 3.63) is 4.88 Å². The molecule has 1 fully saturated rings. The molecule has 1 unspecified atom stereocenters. The number of piperidine rings is 1. The van der Waals surface area contributed by atoms with Crippen LogP contribution in [-0.2, 0) is 0 Å². The quantitative estimate of drug-likeness (QED) is 0.889. The average molecular weight is 282 g/mol. The predicted molar refractivity (Wildman–Crippen MR) is 79.6 cm³/mol. The number of nitrogens with one attached hydrogen (secondary N) is 1. The van der Waals surface area contributed by atoms with Gasteiger partial charge >= 0.3 is 0 Å². The summed E-state index contributed by atoms with van der Waals surface area (Å²) in [5, 5.41) is 3.83. The minimum absolute atomic E-state index is 0.0392. The van der Waals surface area contributed by atoms with E-state index >= 15 is 0 Å². The van der Waals surface area contributed by atoms with E-state index in [1.54, 1.807) is 0 Å². The van der Waals surface area contributed by atoms with Crippen LogP contribution in [0.2, 0.25) is 0 Å². The molecule has 3 N–H and O–H groups in total. The highest BCUT2D eigenvalue weighted by atomic mass is 32.1. The lowest BCUT2D eigenvalue weighted by atomic mass is 9.95. The molecule has 19 heavy (non-hydrogen) atoms. The summed E-state index contributed by atoms with van der Waals surface area (Å²) < 4.78 is 0. The van der Waals surface area contributed by atoms with Crippen molar-refractivity contribution in [3.8, 4) is 0 Å². The van der Waals surface area contributed by atoms with Gasteiger partial charge in [-0.2, -0.15) is 0 Å². The summed E-state index contributed by atoms with van der Waals surface area (Å²) >= 11 is 1.36. The zero-order valence-corrected chi connectivity index (χ0v) is 12.4. The molecule has 1 aliphatic heterocycles. The third-order valence-corrected chi connectivity index (χ3v) is 4.58. The average Bonchev–Trinajstić information content (AvgIpc) is 2.79. The highest BCUT2D eigenvalue weighted by Gasteiger charge is 2.26. The first-order chi connectivity index (χ1) is 9.15. The number of anilines is 2. The second-order valence-electron chi connectivity index (χ2n) is 4.93. The molecule has 1 atom stereocenters. The maximum absolute atomic E-state index is 12.5. The van der Waals surface area contributed by atoms with Crippen molar-refractivity contribution in [1.29, 1.82) is 0 Å². The lowest BCUT2D eigenvalue weighted by Crippen LogP contribution is -2.39. The van der Waals surface area contributed by atoms with Crippen LogP contribution in [0.15, 0.2) is 0 Å². The van der Waals surface area contributed by atoms with Gasteiger partial charge in [0.15, 0.2) is 5.13 Å². The van der Waals surface area contributed by atoms with Crippen LogP contribution in [0.25, 0.3) is 0 Å². The maximum atomic E-state index is 12.5. The Morgan fingerprint density at radius 1 is 1.58 bits per heavy atom. The Morgan fingerprint density at radius 3 is 3.05 bits per heavy atom. The fourth-order valence-corrected chi connectivity index (χ4v) is 3.36. The number of aromatic nitrogens is 1. The van der Waals surface area contributed by atoms with Gasteiger partial charge in [0, 0.05) is 19.6 Å². The summed E-state index contributed by atoms with van der Waals surface area (Å²) in [5.74, 6) is 1.02. The zero-order chi connectivity index (χ0) is 13.8. The first kappa shape index (κ1) is 14.1. The van der Waals surface area contributed by atoms with Gasteiger partial charge in [0.1, 0.15) is 10.7 Å². The molecule has 0 aromatic carbocycles. The van der Waals surface area contributed by atoms with Gasteiger partial charge < -0.3 is 16.0 Å². The fourth-order valence-electron chi connectivity index (χ4n) is 2.44. The standard InChI is InChI=1S/C13H22N4OS/c1-3-9-6-5-7-17(8-9)12(18)10-11(14)16-13(19-10)15-4-2/h9H,3-8,14H2,1-2H3,(H,15,16). The highest BCUT2D eigenvalue weighted by molar-refractivity contribution is 7.18. The number of nitrogens with two attached hydrogens (primary N) is 1. The Kier molecular flexibility index (Phi) is 4.63. The maximum Gasteiger partial charge on any atom is 0.267 e. The van der Waals surface area contributed by atoms with E-state index in [4.69, 9.17) is 5.73 Å². The Hall–Kier alpha value is -1.30. The smallest absolute Gasteiger partial charge is 0.267 e.